The molecule has 2 aromatic carbocycles. The third-order valence-electron chi connectivity index (χ3n) is 5.80. The van der Waals surface area contributed by atoms with E-state index in [0.29, 0.717) is 6.54 Å². The number of likely N-dealkylation sites (tertiary alicyclic amines) is 1. The maximum Gasteiger partial charge on any atom is 0.234 e. The predicted molar refractivity (Wildman–Crippen MR) is 121 cm³/mol. The Labute approximate surface area is 179 Å². The summed E-state index contributed by atoms with van der Waals surface area (Å²) in [7, 11) is 0. The molecule has 4 aromatic rings. The number of nitrogens with zero attached hydrogens (tertiary/aromatic N) is 2. The summed E-state index contributed by atoms with van der Waals surface area (Å²) < 4.78 is 7.12. The molecule has 1 aliphatic heterocycles. The van der Waals surface area contributed by atoms with E-state index >= 15 is 0 Å². The molecule has 3 heterocycles. The number of aromatic nitrogens is 1. The van der Waals surface area contributed by atoms with Crippen molar-refractivity contribution in [2.24, 2.45) is 0 Å². The Morgan fingerprint density at radius 3 is 2.93 bits per heavy atom. The van der Waals surface area contributed by atoms with Crippen LogP contribution in [0.5, 0.6) is 0 Å². The number of carbonyl (C=O) groups excluding carboxylic acids is 1. The zero-order valence-corrected chi connectivity index (χ0v) is 17.8. The predicted octanol–water partition coefficient (Wildman–Crippen LogP) is 5.45. The summed E-state index contributed by atoms with van der Waals surface area (Å²) in [5.41, 5.74) is 1.89. The minimum absolute atomic E-state index is 0.0240. The molecule has 0 spiro atoms. The minimum Gasteiger partial charge on any atom is -0.459 e. The standard InChI is InChI=1S/C24H25N3O2S/c1-16(21-14-17-8-2-4-11-20(17)29-21)25-23(28)15-27-13-7-6-10-19(27)24-26-18-9-3-5-12-22(18)30-24/h2-5,8-9,11-12,14,16,19H,6-7,10,13,15H2,1H3,(H,25,28)/t16-,19+/m0/s1. The van der Waals surface area contributed by atoms with Crippen LogP contribution in [0.1, 0.15) is 49.0 Å². The van der Waals surface area contributed by atoms with Crippen LogP contribution in [0, 0.1) is 0 Å². The summed E-state index contributed by atoms with van der Waals surface area (Å²) in [5.74, 6) is 0.807. The number of rotatable bonds is 5. The molecule has 5 nitrogen and oxygen atoms in total. The smallest absolute Gasteiger partial charge is 0.234 e. The molecular formula is C24H25N3O2S. The fourth-order valence-corrected chi connectivity index (χ4v) is 5.39. The van der Waals surface area contributed by atoms with Crippen LogP contribution in [-0.2, 0) is 4.79 Å². The molecule has 5 rings (SSSR count). The molecule has 1 fully saturated rings. The van der Waals surface area contributed by atoms with Crippen LogP contribution in [-0.4, -0.2) is 28.9 Å². The van der Waals surface area contributed by atoms with Crippen LogP contribution in [0.2, 0.25) is 0 Å². The van der Waals surface area contributed by atoms with E-state index in [0.717, 1.165) is 46.6 Å². The van der Waals surface area contributed by atoms with Gasteiger partial charge >= 0.3 is 0 Å². The second-order valence-electron chi connectivity index (χ2n) is 7.98. The topological polar surface area (TPSA) is 58.4 Å². The van der Waals surface area contributed by atoms with Gasteiger partial charge in [0, 0.05) is 5.39 Å². The Bertz CT molecular complexity index is 1120. The van der Waals surface area contributed by atoms with Crippen molar-refractivity contribution in [3.05, 3.63) is 65.4 Å². The Morgan fingerprint density at radius 2 is 2.07 bits per heavy atom. The van der Waals surface area contributed by atoms with E-state index in [2.05, 4.69) is 28.4 Å². The number of piperidine rings is 1. The molecule has 1 N–H and O–H groups in total. The van der Waals surface area contributed by atoms with Gasteiger partial charge in [-0.1, -0.05) is 36.8 Å². The summed E-state index contributed by atoms with van der Waals surface area (Å²) in [6, 6.07) is 18.2. The largest absolute Gasteiger partial charge is 0.459 e. The van der Waals surface area contributed by atoms with Crippen LogP contribution in [0.15, 0.2) is 59.0 Å². The highest BCUT2D eigenvalue weighted by atomic mass is 32.1. The quantitative estimate of drug-likeness (QED) is 0.467. The second kappa shape index (κ2) is 8.20. The van der Waals surface area contributed by atoms with E-state index in [1.54, 1.807) is 11.3 Å². The number of furan rings is 1. The van der Waals surface area contributed by atoms with Gasteiger partial charge in [-0.15, -0.1) is 11.3 Å². The number of para-hydroxylation sites is 2. The van der Waals surface area contributed by atoms with Gasteiger partial charge in [-0.2, -0.15) is 0 Å². The average Bonchev–Trinajstić information content (AvgIpc) is 3.38. The Hall–Kier alpha value is -2.70. The first-order valence-electron chi connectivity index (χ1n) is 10.5. The lowest BCUT2D eigenvalue weighted by molar-refractivity contribution is -0.124. The molecule has 1 saturated heterocycles. The fourth-order valence-electron chi connectivity index (χ4n) is 4.25. The van der Waals surface area contributed by atoms with E-state index in [4.69, 9.17) is 9.40 Å². The molecule has 0 radical (unpaired) electrons. The molecule has 0 saturated carbocycles. The Kier molecular flexibility index (Phi) is 5.27. The number of carbonyl (C=O) groups is 1. The van der Waals surface area contributed by atoms with Crippen LogP contribution in [0.4, 0.5) is 0 Å². The zero-order chi connectivity index (χ0) is 20.5. The first-order valence-corrected chi connectivity index (χ1v) is 11.4. The van der Waals surface area contributed by atoms with Crippen molar-refractivity contribution in [2.45, 2.75) is 38.3 Å². The highest BCUT2D eigenvalue weighted by molar-refractivity contribution is 7.18. The van der Waals surface area contributed by atoms with Gasteiger partial charge in [0.05, 0.1) is 28.8 Å². The third-order valence-corrected chi connectivity index (χ3v) is 6.94. The van der Waals surface area contributed by atoms with Crippen molar-refractivity contribution in [1.29, 1.82) is 0 Å². The van der Waals surface area contributed by atoms with Gasteiger partial charge < -0.3 is 9.73 Å². The number of hydrogen-bond acceptors (Lipinski definition) is 5. The number of fused-ring (bicyclic) bond motifs is 2. The van der Waals surface area contributed by atoms with Gasteiger partial charge in [-0.05, 0) is 50.6 Å². The molecule has 6 heteroatoms. The van der Waals surface area contributed by atoms with E-state index in [1.807, 2.05) is 43.3 Å². The maximum absolute atomic E-state index is 12.8. The van der Waals surface area contributed by atoms with Gasteiger partial charge in [-0.25, -0.2) is 4.98 Å². The number of hydrogen-bond donors (Lipinski definition) is 1. The second-order valence-corrected chi connectivity index (χ2v) is 9.04. The van der Waals surface area contributed by atoms with Crippen molar-refractivity contribution >= 4 is 38.4 Å². The third kappa shape index (κ3) is 3.85. The molecule has 0 unspecified atom stereocenters. The van der Waals surface area contributed by atoms with Crippen molar-refractivity contribution < 1.29 is 9.21 Å². The van der Waals surface area contributed by atoms with E-state index < -0.39 is 0 Å². The lowest BCUT2D eigenvalue weighted by atomic mass is 10.0. The van der Waals surface area contributed by atoms with Crippen LogP contribution in [0.3, 0.4) is 0 Å². The van der Waals surface area contributed by atoms with Gasteiger partial charge in [0.1, 0.15) is 16.4 Å². The summed E-state index contributed by atoms with van der Waals surface area (Å²) >= 11 is 1.75. The Balaban J connectivity index is 1.28. The monoisotopic (exact) mass is 419 g/mol. The highest BCUT2D eigenvalue weighted by Crippen LogP contribution is 2.35. The Morgan fingerprint density at radius 1 is 1.23 bits per heavy atom. The lowest BCUT2D eigenvalue weighted by Crippen LogP contribution is -2.42. The molecule has 2 aromatic heterocycles. The molecule has 1 aliphatic rings. The summed E-state index contributed by atoms with van der Waals surface area (Å²) in [6.07, 6.45) is 3.34. The van der Waals surface area contributed by atoms with Gasteiger partial charge in [0.2, 0.25) is 5.91 Å². The van der Waals surface area contributed by atoms with Crippen molar-refractivity contribution in [2.75, 3.05) is 13.1 Å². The first-order chi connectivity index (χ1) is 14.7. The van der Waals surface area contributed by atoms with Crippen molar-refractivity contribution in [3.63, 3.8) is 0 Å². The van der Waals surface area contributed by atoms with E-state index in [1.165, 1.54) is 11.1 Å². The molecule has 30 heavy (non-hydrogen) atoms. The fraction of sp³-hybridized carbons (Fsp3) is 0.333. The highest BCUT2D eigenvalue weighted by Gasteiger charge is 2.28. The van der Waals surface area contributed by atoms with Crippen LogP contribution in [0.25, 0.3) is 21.2 Å². The average molecular weight is 420 g/mol. The normalized spacial score (nSPS) is 18.6. The van der Waals surface area contributed by atoms with Crippen LogP contribution >= 0.6 is 11.3 Å². The molecular weight excluding hydrogens is 394 g/mol. The van der Waals surface area contributed by atoms with Crippen LogP contribution < -0.4 is 5.32 Å². The summed E-state index contributed by atoms with van der Waals surface area (Å²) in [4.78, 5) is 20.0. The molecule has 0 bridgehead atoms. The minimum atomic E-state index is -0.171. The molecule has 154 valence electrons. The van der Waals surface area contributed by atoms with Gasteiger partial charge in [-0.3, -0.25) is 9.69 Å². The van der Waals surface area contributed by atoms with Gasteiger partial charge in [0.25, 0.3) is 0 Å². The van der Waals surface area contributed by atoms with Crippen molar-refractivity contribution in [3.8, 4) is 0 Å². The number of benzene rings is 2. The summed E-state index contributed by atoms with van der Waals surface area (Å²) in [5, 5.41) is 5.29. The number of thiazole rings is 1. The van der Waals surface area contributed by atoms with E-state index in [-0.39, 0.29) is 18.0 Å². The molecule has 1 amide bonds. The summed E-state index contributed by atoms with van der Waals surface area (Å²) in [6.45, 7) is 3.27. The number of nitrogens with one attached hydrogen (secondary N) is 1. The van der Waals surface area contributed by atoms with Crippen molar-refractivity contribution in [1.82, 2.24) is 15.2 Å². The maximum atomic E-state index is 12.8. The number of amides is 1. The molecule has 0 aliphatic carbocycles. The SMILES string of the molecule is C[C@H](NC(=O)CN1CCCC[C@@H]1c1nc2ccccc2s1)c1cc2ccccc2o1. The first kappa shape index (κ1) is 19.3. The zero-order valence-electron chi connectivity index (χ0n) is 17.0. The molecule has 2 atom stereocenters. The van der Waals surface area contributed by atoms with E-state index in [9.17, 15) is 4.79 Å². The lowest BCUT2D eigenvalue weighted by Gasteiger charge is -2.34. The van der Waals surface area contributed by atoms with Gasteiger partial charge in [0.15, 0.2) is 0 Å².